The summed E-state index contributed by atoms with van der Waals surface area (Å²) in [5.74, 6) is 0. The molecule has 0 fully saturated rings. The van der Waals surface area contributed by atoms with Crippen LogP contribution in [0.25, 0.3) is 62.3 Å². The Morgan fingerprint density at radius 2 is 1.43 bits per heavy atom. The first-order chi connectivity index (χ1) is 39.0. The van der Waals surface area contributed by atoms with Gasteiger partial charge in [0, 0.05) is 39.8 Å². The second-order valence-corrected chi connectivity index (χ2v) is 20.1. The standard InChI is InChI=1S/C73H61N4.C2H6/c1-51-23-6-3-9-27-55(67(74)35-18-12-26-53-24-7-4-8-25-53)44-48-58(51)54-42-45-57(46-43-54)76-70-38-19-15-30-59(70)52(2)41-47-66-65-34-17-21-40-72(65)77(73(66)76)71-39-20-16-33-64(71)62-49-50-63(61-32-14-13-31-60(61)62)69-37-22-36-68(75-69)56-28-10-5-11-29-56;1-2/h3-13,15-25,28-31,33-38,40-50,71H,1,14,26-27,32,39,74H2,2H3;1-2H3/q+1;/b9-3-,18-12-,23-6-,47-41?,52-41+,55-44+,58-48+,59-52?,66-47-,67-35-;. The zero-order valence-corrected chi connectivity index (χ0v) is 45.6. The summed E-state index contributed by atoms with van der Waals surface area (Å²) >= 11 is 0. The average Bonchev–Trinajstić information content (AvgIpc) is 3.94. The Hall–Kier alpha value is -9.38. The zero-order chi connectivity index (χ0) is 54.1. The van der Waals surface area contributed by atoms with Gasteiger partial charge in [-0.2, -0.15) is 4.58 Å². The molecule has 6 aromatic carbocycles. The van der Waals surface area contributed by atoms with Crippen molar-refractivity contribution in [1.29, 1.82) is 0 Å². The second kappa shape index (κ2) is 23.9. The Bertz CT molecular complexity index is 4070. The van der Waals surface area contributed by atoms with Gasteiger partial charge in [0.25, 0.3) is 5.49 Å². The van der Waals surface area contributed by atoms with Crippen LogP contribution in [0.4, 0.5) is 11.4 Å². The van der Waals surface area contributed by atoms with E-state index in [0.29, 0.717) is 6.42 Å². The predicted octanol–water partition coefficient (Wildman–Crippen LogP) is 17.3. The third-order valence-electron chi connectivity index (χ3n) is 15.3. The lowest BCUT2D eigenvalue weighted by Crippen LogP contribution is -2.42. The quantitative estimate of drug-likeness (QED) is 0.110. The lowest BCUT2D eigenvalue weighted by Gasteiger charge is -2.26. The summed E-state index contributed by atoms with van der Waals surface area (Å²) in [5.41, 5.74) is 29.3. The molecular weight excluding hydrogens is 957 g/mol. The maximum atomic E-state index is 6.80. The van der Waals surface area contributed by atoms with Gasteiger partial charge in [-0.05, 0) is 137 Å². The third-order valence-corrected chi connectivity index (χ3v) is 15.3. The molecule has 1 unspecified atom stereocenters. The maximum absolute atomic E-state index is 6.80. The summed E-state index contributed by atoms with van der Waals surface area (Å²) in [6.45, 7) is 10.8. The van der Waals surface area contributed by atoms with Crippen molar-refractivity contribution in [3.05, 3.63) is 316 Å². The fourth-order valence-corrected chi connectivity index (χ4v) is 11.5. The number of fused-ring (bicyclic) bond motifs is 5. The highest BCUT2D eigenvalue weighted by Crippen LogP contribution is 2.42. The van der Waals surface area contributed by atoms with Crippen LogP contribution in [0.1, 0.15) is 79.5 Å². The molecule has 1 aliphatic heterocycles. The van der Waals surface area contributed by atoms with E-state index in [2.05, 4.69) is 272 Å². The van der Waals surface area contributed by atoms with Crippen molar-refractivity contribution >= 4 is 51.1 Å². The molecule has 12 rings (SSSR count). The summed E-state index contributed by atoms with van der Waals surface area (Å²) in [6, 6.07) is 58.9. The number of hydrogen-bond donors (Lipinski definition) is 1. The fraction of sp³-hybridized carbons (Fsp3) is 0.120. The molecule has 386 valence electrons. The molecule has 0 bridgehead atoms. The lowest BCUT2D eigenvalue weighted by atomic mass is 9.82. The molecule has 0 amide bonds. The minimum Gasteiger partial charge on any atom is -0.398 e. The molecule has 8 aromatic rings. The van der Waals surface area contributed by atoms with Crippen LogP contribution in [0.2, 0.25) is 0 Å². The summed E-state index contributed by atoms with van der Waals surface area (Å²) in [5, 5.41) is 2.41. The van der Waals surface area contributed by atoms with E-state index >= 15 is 0 Å². The van der Waals surface area contributed by atoms with Crippen molar-refractivity contribution in [3.63, 3.8) is 0 Å². The van der Waals surface area contributed by atoms with Crippen molar-refractivity contribution in [3.8, 4) is 22.5 Å². The summed E-state index contributed by atoms with van der Waals surface area (Å²) < 4.78 is 5.15. The third kappa shape index (κ3) is 10.7. The van der Waals surface area contributed by atoms with Crippen LogP contribution < -0.4 is 21.0 Å². The first-order valence-electron chi connectivity index (χ1n) is 28.0. The first-order valence-corrected chi connectivity index (χ1v) is 28.0. The number of nitrogens with zero attached hydrogens (tertiary/aromatic N) is 3. The van der Waals surface area contributed by atoms with Gasteiger partial charge >= 0.3 is 0 Å². The van der Waals surface area contributed by atoms with Crippen LogP contribution in [-0.2, 0) is 12.8 Å². The van der Waals surface area contributed by atoms with Crippen LogP contribution in [-0.4, -0.2) is 9.55 Å². The molecule has 4 heteroatoms. The number of pyridine rings is 1. The molecule has 4 nitrogen and oxygen atoms in total. The second-order valence-electron chi connectivity index (χ2n) is 20.1. The Labute approximate surface area is 466 Å². The Morgan fingerprint density at radius 1 is 0.671 bits per heavy atom. The van der Waals surface area contributed by atoms with E-state index in [1.165, 1.54) is 60.6 Å². The van der Waals surface area contributed by atoms with E-state index in [4.69, 9.17) is 10.7 Å². The summed E-state index contributed by atoms with van der Waals surface area (Å²) in [4.78, 5) is 5.27. The van der Waals surface area contributed by atoms with Gasteiger partial charge in [0.05, 0.1) is 16.6 Å². The van der Waals surface area contributed by atoms with E-state index in [0.717, 1.165) is 87.5 Å². The summed E-state index contributed by atoms with van der Waals surface area (Å²) in [6.07, 6.45) is 39.6. The number of hydrogen-bond acceptors (Lipinski definition) is 2. The fourth-order valence-electron chi connectivity index (χ4n) is 11.5. The molecule has 1 atom stereocenters. The van der Waals surface area contributed by atoms with Crippen molar-refractivity contribution in [2.24, 2.45) is 5.73 Å². The number of allylic oxidation sites excluding steroid dienone is 19. The number of para-hydroxylation sites is 2. The highest BCUT2D eigenvalue weighted by atomic mass is 15.1. The molecule has 2 aromatic heterocycles. The van der Waals surface area contributed by atoms with Gasteiger partial charge in [0.1, 0.15) is 22.9 Å². The Balaban J connectivity index is 0.00000326. The number of nitrogens with two attached hydrogens (primary N) is 1. The minimum absolute atomic E-state index is 0.0237. The molecule has 3 aliphatic carbocycles. The normalized spacial score (nSPS) is 19.3. The molecule has 0 radical (unpaired) electrons. The predicted molar refractivity (Wildman–Crippen MR) is 337 cm³/mol. The zero-order valence-electron chi connectivity index (χ0n) is 45.6. The van der Waals surface area contributed by atoms with Crippen molar-refractivity contribution in [1.82, 2.24) is 14.1 Å². The van der Waals surface area contributed by atoms with Crippen molar-refractivity contribution < 1.29 is 0 Å². The topological polar surface area (TPSA) is 46.9 Å². The molecule has 4 aliphatic rings. The largest absolute Gasteiger partial charge is 0.398 e. The van der Waals surface area contributed by atoms with Gasteiger partial charge in [0.2, 0.25) is 0 Å². The van der Waals surface area contributed by atoms with Crippen LogP contribution in [0, 0.1) is 0 Å². The van der Waals surface area contributed by atoms with E-state index in [1.54, 1.807) is 0 Å². The van der Waals surface area contributed by atoms with Crippen LogP contribution >= 0.6 is 0 Å². The molecule has 0 spiro atoms. The SMILES string of the molecule is C=C1/C=C\C=C/CC(/C(N)=C/C=C\Cc2ccccc2)=C\C=C/1c1ccc([N+]2=c3/c(c4ccccc4n3C3CC=CC=C3c3ccc(-c4cccc(-c5ccccc5)n4)c4c3C=CCC4)=C\C=C(/C)c3ccccc32)cc1.CC. The highest BCUT2D eigenvalue weighted by molar-refractivity contribution is 5.90. The average molecular weight is 1020 g/mol. The molecule has 0 saturated heterocycles. The summed E-state index contributed by atoms with van der Waals surface area (Å²) in [7, 11) is 0. The smallest absolute Gasteiger partial charge is 0.296 e. The number of benzene rings is 6. The van der Waals surface area contributed by atoms with E-state index in [1.807, 2.05) is 26.0 Å². The molecule has 3 heterocycles. The monoisotopic (exact) mass is 1020 g/mol. The van der Waals surface area contributed by atoms with E-state index < -0.39 is 0 Å². The molecule has 79 heavy (non-hydrogen) atoms. The highest BCUT2D eigenvalue weighted by Gasteiger charge is 2.33. The van der Waals surface area contributed by atoms with Crippen molar-refractivity contribution in [2.45, 2.75) is 58.9 Å². The molecule has 0 saturated carbocycles. The Kier molecular flexibility index (Phi) is 15.6. The van der Waals surface area contributed by atoms with Gasteiger partial charge < -0.3 is 5.73 Å². The van der Waals surface area contributed by atoms with Gasteiger partial charge in [-0.1, -0.05) is 227 Å². The first kappa shape index (κ1) is 51.7. The minimum atomic E-state index is -0.0237. The number of aromatic nitrogens is 2. The molecule has 2 N–H and O–H groups in total. The van der Waals surface area contributed by atoms with Crippen molar-refractivity contribution in [2.75, 3.05) is 0 Å². The lowest BCUT2D eigenvalue weighted by molar-refractivity contribution is 0.602. The van der Waals surface area contributed by atoms with Crippen LogP contribution in [0.3, 0.4) is 0 Å². The van der Waals surface area contributed by atoms with Gasteiger partial charge in [0.15, 0.2) is 0 Å². The van der Waals surface area contributed by atoms with Gasteiger partial charge in [-0.3, -0.25) is 0 Å². The van der Waals surface area contributed by atoms with E-state index in [-0.39, 0.29) is 6.04 Å². The van der Waals surface area contributed by atoms with Gasteiger partial charge in [-0.15, -0.1) is 0 Å². The van der Waals surface area contributed by atoms with Crippen LogP contribution in [0.5, 0.6) is 0 Å². The number of rotatable bonds is 10. The maximum Gasteiger partial charge on any atom is 0.296 e. The van der Waals surface area contributed by atoms with Gasteiger partial charge in [-0.25, -0.2) is 9.55 Å². The van der Waals surface area contributed by atoms with Crippen LogP contribution in [0.15, 0.2) is 272 Å². The van der Waals surface area contributed by atoms with E-state index in [9.17, 15) is 0 Å². The Morgan fingerprint density at radius 3 is 2.28 bits per heavy atom. The molecular formula is C75H67N4+.